The van der Waals surface area contributed by atoms with Gasteiger partial charge in [0.25, 0.3) is 0 Å². The highest BCUT2D eigenvalue weighted by molar-refractivity contribution is 5.83. The van der Waals surface area contributed by atoms with E-state index in [9.17, 15) is 0 Å². The van der Waals surface area contributed by atoms with Gasteiger partial charge in [-0.25, -0.2) is 4.99 Å². The first kappa shape index (κ1) is 22.6. The summed E-state index contributed by atoms with van der Waals surface area (Å²) in [7, 11) is 1.71. The highest BCUT2D eigenvalue weighted by Crippen LogP contribution is 2.21. The average Bonchev–Trinajstić information content (AvgIpc) is 2.79. The van der Waals surface area contributed by atoms with Crippen LogP contribution < -0.4 is 15.4 Å². The van der Waals surface area contributed by atoms with E-state index in [4.69, 9.17) is 14.5 Å². The molecular weight excluding hydrogens is 388 g/mol. The lowest BCUT2D eigenvalue weighted by atomic mass is 10.1. The Morgan fingerprint density at radius 3 is 2.74 bits per heavy atom. The van der Waals surface area contributed by atoms with Crippen molar-refractivity contribution in [2.24, 2.45) is 4.99 Å². The number of nitrogens with one attached hydrogen (secondary N) is 2. The van der Waals surface area contributed by atoms with E-state index < -0.39 is 0 Å². The zero-order chi connectivity index (χ0) is 21.9. The van der Waals surface area contributed by atoms with E-state index in [1.807, 2.05) is 30.5 Å². The fraction of sp³-hybridized carbons (Fsp3) is 0.360. The molecule has 31 heavy (non-hydrogen) atoms. The first-order valence-electron chi connectivity index (χ1n) is 10.8. The molecule has 6 nitrogen and oxygen atoms in total. The number of fused-ring (bicyclic) bond motifs is 1. The van der Waals surface area contributed by atoms with Gasteiger partial charge in [-0.2, -0.15) is 0 Å². The van der Waals surface area contributed by atoms with Crippen LogP contribution in [-0.2, 0) is 17.8 Å². The van der Waals surface area contributed by atoms with Gasteiger partial charge >= 0.3 is 0 Å². The third kappa shape index (κ3) is 6.69. The Labute approximate surface area is 184 Å². The number of aliphatic imine (C=N–C) groups is 1. The van der Waals surface area contributed by atoms with E-state index in [2.05, 4.69) is 53.7 Å². The summed E-state index contributed by atoms with van der Waals surface area (Å²) < 4.78 is 11.1. The average molecular weight is 421 g/mol. The number of hydrogen-bond acceptors (Lipinski definition) is 4. The van der Waals surface area contributed by atoms with Gasteiger partial charge < -0.3 is 20.1 Å². The zero-order valence-corrected chi connectivity index (χ0v) is 18.6. The lowest BCUT2D eigenvalue weighted by Gasteiger charge is -2.14. The highest BCUT2D eigenvalue weighted by atomic mass is 16.5. The summed E-state index contributed by atoms with van der Waals surface area (Å²) in [4.78, 5) is 9.23. The van der Waals surface area contributed by atoms with Crippen LogP contribution in [0.25, 0.3) is 10.9 Å². The topological polar surface area (TPSA) is 67.8 Å². The van der Waals surface area contributed by atoms with Gasteiger partial charge in [0.05, 0.1) is 18.7 Å². The summed E-state index contributed by atoms with van der Waals surface area (Å²) in [6.45, 7) is 7.44. The molecule has 0 spiro atoms. The Kier molecular flexibility index (Phi) is 8.67. The SMILES string of the molecule is CCNC(=NCc1ccc(C)cc1OCCCOC)NCc1ccnc2ccccc12. The quantitative estimate of drug-likeness (QED) is 0.292. The van der Waals surface area contributed by atoms with Gasteiger partial charge in [0.15, 0.2) is 5.96 Å². The monoisotopic (exact) mass is 420 g/mol. The molecule has 0 radical (unpaired) electrons. The van der Waals surface area contributed by atoms with Gasteiger partial charge in [-0.15, -0.1) is 0 Å². The number of hydrogen-bond donors (Lipinski definition) is 2. The number of aryl methyl sites for hydroxylation is 1. The maximum atomic E-state index is 5.99. The van der Waals surface area contributed by atoms with E-state index in [0.717, 1.165) is 41.1 Å². The predicted molar refractivity (Wildman–Crippen MR) is 127 cm³/mol. The Bertz CT molecular complexity index is 998. The summed E-state index contributed by atoms with van der Waals surface area (Å²) in [5.41, 5.74) is 4.42. The molecule has 0 aliphatic carbocycles. The second kappa shape index (κ2) is 11.9. The molecule has 0 amide bonds. The minimum absolute atomic E-state index is 0.534. The van der Waals surface area contributed by atoms with Crippen LogP contribution in [0.1, 0.15) is 30.0 Å². The van der Waals surface area contributed by atoms with Gasteiger partial charge in [0.1, 0.15) is 5.75 Å². The van der Waals surface area contributed by atoms with Gasteiger partial charge in [-0.3, -0.25) is 4.98 Å². The van der Waals surface area contributed by atoms with Gasteiger partial charge in [-0.1, -0.05) is 30.3 Å². The molecule has 6 heteroatoms. The number of aromatic nitrogens is 1. The van der Waals surface area contributed by atoms with Crippen LogP contribution >= 0.6 is 0 Å². The second-order valence-electron chi connectivity index (χ2n) is 7.34. The molecular formula is C25H32N4O2. The molecule has 0 fully saturated rings. The molecule has 164 valence electrons. The number of guanidine groups is 1. The van der Waals surface area contributed by atoms with E-state index in [-0.39, 0.29) is 0 Å². The van der Waals surface area contributed by atoms with E-state index >= 15 is 0 Å². The molecule has 0 atom stereocenters. The van der Waals surface area contributed by atoms with E-state index in [0.29, 0.717) is 26.3 Å². The van der Waals surface area contributed by atoms with E-state index in [1.54, 1.807) is 7.11 Å². The fourth-order valence-corrected chi connectivity index (χ4v) is 3.31. The molecule has 1 heterocycles. The van der Waals surface area contributed by atoms with Crippen LogP contribution in [0.3, 0.4) is 0 Å². The fourth-order valence-electron chi connectivity index (χ4n) is 3.31. The number of methoxy groups -OCH3 is 1. The van der Waals surface area contributed by atoms with Crippen molar-refractivity contribution < 1.29 is 9.47 Å². The lowest BCUT2D eigenvalue weighted by molar-refractivity contribution is 0.172. The molecule has 1 aromatic heterocycles. The summed E-state index contributed by atoms with van der Waals surface area (Å²) in [6, 6.07) is 16.5. The number of benzene rings is 2. The molecule has 0 aliphatic rings. The van der Waals surface area contributed by atoms with Gasteiger partial charge in [0, 0.05) is 50.4 Å². The van der Waals surface area contributed by atoms with Crippen LogP contribution in [0.5, 0.6) is 5.75 Å². The van der Waals surface area contributed by atoms with E-state index in [1.165, 1.54) is 11.1 Å². The van der Waals surface area contributed by atoms with Gasteiger partial charge in [0.2, 0.25) is 0 Å². The number of rotatable bonds is 10. The normalized spacial score (nSPS) is 11.5. The third-order valence-electron chi connectivity index (χ3n) is 4.91. The molecule has 3 rings (SSSR count). The van der Waals surface area contributed by atoms with Crippen LogP contribution in [0, 0.1) is 6.92 Å². The van der Waals surface area contributed by atoms with Crippen LogP contribution in [0.2, 0.25) is 0 Å². The summed E-state index contributed by atoms with van der Waals surface area (Å²) >= 11 is 0. The largest absolute Gasteiger partial charge is 0.493 e. The van der Waals surface area contributed by atoms with Crippen molar-refractivity contribution >= 4 is 16.9 Å². The molecule has 0 saturated heterocycles. The smallest absolute Gasteiger partial charge is 0.191 e. The molecule has 3 aromatic rings. The Morgan fingerprint density at radius 2 is 1.90 bits per heavy atom. The number of pyridine rings is 1. The number of ether oxygens (including phenoxy) is 2. The van der Waals surface area contributed by atoms with Crippen LogP contribution in [-0.4, -0.2) is 37.8 Å². The lowest BCUT2D eigenvalue weighted by Crippen LogP contribution is -2.36. The minimum Gasteiger partial charge on any atom is -0.493 e. The van der Waals surface area contributed by atoms with Gasteiger partial charge in [-0.05, 0) is 43.2 Å². The number of para-hydroxylation sites is 1. The molecule has 2 aromatic carbocycles. The standard InChI is InChI=1S/C25H32N4O2/c1-4-26-25(28-17-20-12-13-27-23-9-6-5-8-22(20)23)29-18-21-11-10-19(2)16-24(21)31-15-7-14-30-3/h5-6,8-13,16H,4,7,14-15,17-18H2,1-3H3,(H2,26,28,29). The Hall–Kier alpha value is -3.12. The molecule has 0 bridgehead atoms. The summed E-state index contributed by atoms with van der Waals surface area (Å²) in [6.07, 6.45) is 2.71. The molecule has 0 unspecified atom stereocenters. The highest BCUT2D eigenvalue weighted by Gasteiger charge is 2.07. The first-order chi connectivity index (χ1) is 15.2. The van der Waals surface area contributed by atoms with Crippen LogP contribution in [0.4, 0.5) is 0 Å². The third-order valence-corrected chi connectivity index (χ3v) is 4.91. The van der Waals surface area contributed by atoms with Crippen molar-refractivity contribution in [2.45, 2.75) is 33.4 Å². The second-order valence-corrected chi connectivity index (χ2v) is 7.34. The maximum absolute atomic E-state index is 5.99. The van der Waals surface area contributed by atoms with Crippen molar-refractivity contribution in [3.05, 3.63) is 71.4 Å². The Balaban J connectivity index is 1.69. The summed E-state index contributed by atoms with van der Waals surface area (Å²) in [5.74, 6) is 1.66. The molecule has 0 saturated carbocycles. The number of nitrogens with zero attached hydrogens (tertiary/aromatic N) is 2. The van der Waals surface area contributed by atoms with Crippen LogP contribution in [0.15, 0.2) is 59.7 Å². The Morgan fingerprint density at radius 1 is 1.03 bits per heavy atom. The van der Waals surface area contributed by atoms with Crippen molar-refractivity contribution in [2.75, 3.05) is 26.9 Å². The van der Waals surface area contributed by atoms with Crippen molar-refractivity contribution in [1.82, 2.24) is 15.6 Å². The summed E-state index contributed by atoms with van der Waals surface area (Å²) in [5, 5.41) is 7.92. The molecule has 0 aliphatic heterocycles. The molecule has 2 N–H and O–H groups in total. The minimum atomic E-state index is 0.534. The first-order valence-corrected chi connectivity index (χ1v) is 10.8. The van der Waals surface area contributed by atoms with Crippen molar-refractivity contribution in [3.63, 3.8) is 0 Å². The predicted octanol–water partition coefficient (Wildman–Crippen LogP) is 4.21. The maximum Gasteiger partial charge on any atom is 0.191 e. The zero-order valence-electron chi connectivity index (χ0n) is 18.6. The van der Waals surface area contributed by atoms with Crippen molar-refractivity contribution in [1.29, 1.82) is 0 Å². The van der Waals surface area contributed by atoms with Crippen molar-refractivity contribution in [3.8, 4) is 5.75 Å².